The Balaban J connectivity index is 2.32. The number of carbonyl (C=O) groups is 2. The van der Waals surface area contributed by atoms with E-state index >= 15 is 0 Å². The number of hydrogen-bond acceptors (Lipinski definition) is 2. The molecule has 2 N–H and O–H groups in total. The highest BCUT2D eigenvalue weighted by molar-refractivity contribution is 5.74. The van der Waals surface area contributed by atoms with Crippen molar-refractivity contribution >= 4 is 12.0 Å². The Morgan fingerprint density at radius 1 is 1.24 bits per heavy atom. The van der Waals surface area contributed by atoms with Crippen LogP contribution in [0.15, 0.2) is 0 Å². The highest BCUT2D eigenvalue weighted by Gasteiger charge is 2.22. The van der Waals surface area contributed by atoms with Crippen LogP contribution in [0.4, 0.5) is 4.79 Å². The first-order chi connectivity index (χ1) is 9.90. The molecule has 2 amide bonds. The molecule has 1 aliphatic rings. The smallest absolute Gasteiger partial charge is 0.317 e. The Labute approximate surface area is 128 Å². The summed E-state index contributed by atoms with van der Waals surface area (Å²) in [6.45, 7) is 8.11. The van der Waals surface area contributed by atoms with Gasteiger partial charge in [-0.1, -0.05) is 13.8 Å². The summed E-state index contributed by atoms with van der Waals surface area (Å²) in [5, 5.41) is 11.6. The summed E-state index contributed by atoms with van der Waals surface area (Å²) in [7, 11) is 0. The molecule has 1 aliphatic heterocycles. The Hall–Kier alpha value is -1.26. The third-order valence-corrected chi connectivity index (χ3v) is 4.40. The summed E-state index contributed by atoms with van der Waals surface area (Å²) in [6.07, 6.45) is 4.84. The van der Waals surface area contributed by atoms with Crippen molar-refractivity contribution in [3.63, 3.8) is 0 Å². The molecule has 0 saturated carbocycles. The fourth-order valence-corrected chi connectivity index (χ4v) is 2.93. The van der Waals surface area contributed by atoms with Gasteiger partial charge in [0, 0.05) is 25.6 Å². The molecule has 0 aromatic heterocycles. The van der Waals surface area contributed by atoms with Crippen LogP contribution < -0.4 is 5.32 Å². The van der Waals surface area contributed by atoms with Gasteiger partial charge in [-0.2, -0.15) is 0 Å². The Kier molecular flexibility index (Phi) is 7.54. The topological polar surface area (TPSA) is 69.6 Å². The molecule has 1 rings (SSSR count). The maximum atomic E-state index is 12.2. The van der Waals surface area contributed by atoms with Crippen molar-refractivity contribution in [1.29, 1.82) is 0 Å². The van der Waals surface area contributed by atoms with E-state index in [4.69, 9.17) is 5.11 Å². The molecule has 5 nitrogen and oxygen atoms in total. The molecule has 0 aliphatic carbocycles. The van der Waals surface area contributed by atoms with E-state index in [1.807, 2.05) is 11.8 Å². The van der Waals surface area contributed by atoms with Gasteiger partial charge >= 0.3 is 12.0 Å². The van der Waals surface area contributed by atoms with Gasteiger partial charge < -0.3 is 15.3 Å². The van der Waals surface area contributed by atoms with Crippen LogP contribution in [-0.4, -0.2) is 41.1 Å². The predicted molar refractivity (Wildman–Crippen MR) is 83.2 cm³/mol. The van der Waals surface area contributed by atoms with Crippen LogP contribution in [0.25, 0.3) is 0 Å². The third kappa shape index (κ3) is 6.82. The van der Waals surface area contributed by atoms with Gasteiger partial charge in [0.05, 0.1) is 0 Å². The number of carboxylic acid groups (broad SMARTS) is 1. The molecule has 0 aromatic carbocycles. The van der Waals surface area contributed by atoms with E-state index in [2.05, 4.69) is 19.2 Å². The number of likely N-dealkylation sites (tertiary alicyclic amines) is 1. The molecule has 1 saturated heterocycles. The Bertz CT molecular complexity index is 344. The van der Waals surface area contributed by atoms with Gasteiger partial charge in [0.1, 0.15) is 0 Å². The van der Waals surface area contributed by atoms with E-state index in [0.29, 0.717) is 18.8 Å². The molecule has 2 unspecified atom stereocenters. The lowest BCUT2D eigenvalue weighted by Gasteiger charge is -2.24. The summed E-state index contributed by atoms with van der Waals surface area (Å²) in [5.41, 5.74) is 0. The van der Waals surface area contributed by atoms with E-state index in [9.17, 15) is 9.59 Å². The number of urea groups is 1. The molecule has 1 heterocycles. The maximum absolute atomic E-state index is 12.2. The van der Waals surface area contributed by atoms with E-state index in [0.717, 1.165) is 31.8 Å². The normalized spacial score (nSPS) is 21.0. The zero-order chi connectivity index (χ0) is 15.8. The molecular formula is C16H30N2O3. The molecule has 122 valence electrons. The van der Waals surface area contributed by atoms with Crippen molar-refractivity contribution in [3.8, 4) is 0 Å². The lowest BCUT2D eigenvalue weighted by atomic mass is 9.89. The van der Waals surface area contributed by atoms with Crippen LogP contribution in [-0.2, 0) is 4.79 Å². The van der Waals surface area contributed by atoms with Crippen molar-refractivity contribution < 1.29 is 14.7 Å². The first-order valence-corrected chi connectivity index (χ1v) is 8.17. The quantitative estimate of drug-likeness (QED) is 0.791. The van der Waals surface area contributed by atoms with Gasteiger partial charge in [-0.25, -0.2) is 4.79 Å². The van der Waals surface area contributed by atoms with Gasteiger partial charge in [0.2, 0.25) is 0 Å². The highest BCUT2D eigenvalue weighted by Crippen LogP contribution is 2.24. The van der Waals surface area contributed by atoms with Gasteiger partial charge in [-0.3, -0.25) is 4.79 Å². The number of carboxylic acids is 1. The number of carbonyl (C=O) groups excluding carboxylic acids is 1. The number of nitrogens with zero attached hydrogens (tertiary/aromatic N) is 1. The number of amides is 2. The number of hydrogen-bond donors (Lipinski definition) is 2. The molecule has 5 heteroatoms. The van der Waals surface area contributed by atoms with E-state index in [1.54, 1.807) is 0 Å². The summed E-state index contributed by atoms with van der Waals surface area (Å²) in [6, 6.07) is 0.0308. The maximum Gasteiger partial charge on any atom is 0.317 e. The zero-order valence-electron chi connectivity index (χ0n) is 13.6. The van der Waals surface area contributed by atoms with Gasteiger partial charge in [0.15, 0.2) is 0 Å². The second kappa shape index (κ2) is 8.90. The molecule has 0 radical (unpaired) electrons. The van der Waals surface area contributed by atoms with Gasteiger partial charge in [-0.05, 0) is 50.9 Å². The lowest BCUT2D eigenvalue weighted by Crippen LogP contribution is -2.44. The fraction of sp³-hybridized carbons (Fsp3) is 0.875. The van der Waals surface area contributed by atoms with Crippen LogP contribution in [0.3, 0.4) is 0 Å². The Morgan fingerprint density at radius 2 is 1.95 bits per heavy atom. The number of aliphatic carboxylic acids is 1. The van der Waals surface area contributed by atoms with Crippen molar-refractivity contribution in [3.05, 3.63) is 0 Å². The van der Waals surface area contributed by atoms with Crippen LogP contribution >= 0.6 is 0 Å². The van der Waals surface area contributed by atoms with Crippen LogP contribution in [0.2, 0.25) is 0 Å². The second-order valence-corrected chi connectivity index (χ2v) is 6.56. The average Bonchev–Trinajstić information content (AvgIpc) is 2.63. The summed E-state index contributed by atoms with van der Waals surface area (Å²) < 4.78 is 0. The van der Waals surface area contributed by atoms with Crippen LogP contribution in [0.1, 0.15) is 59.3 Å². The van der Waals surface area contributed by atoms with Gasteiger partial charge in [-0.15, -0.1) is 0 Å². The minimum absolute atomic E-state index is 0.00207. The number of nitrogens with one attached hydrogen (secondary N) is 1. The number of rotatable bonds is 6. The molecule has 2 atom stereocenters. The molecule has 0 bridgehead atoms. The van der Waals surface area contributed by atoms with E-state index < -0.39 is 5.97 Å². The molecular weight excluding hydrogens is 268 g/mol. The predicted octanol–water partition coefficient (Wildman–Crippen LogP) is 3.10. The monoisotopic (exact) mass is 298 g/mol. The summed E-state index contributed by atoms with van der Waals surface area (Å²) in [4.78, 5) is 24.6. The zero-order valence-corrected chi connectivity index (χ0v) is 13.6. The van der Waals surface area contributed by atoms with Crippen molar-refractivity contribution in [2.24, 2.45) is 11.8 Å². The minimum Gasteiger partial charge on any atom is -0.481 e. The van der Waals surface area contributed by atoms with E-state index in [1.165, 1.54) is 6.42 Å². The van der Waals surface area contributed by atoms with Crippen LogP contribution in [0, 0.1) is 11.8 Å². The highest BCUT2D eigenvalue weighted by atomic mass is 16.4. The fourth-order valence-electron chi connectivity index (χ4n) is 2.93. The minimum atomic E-state index is -0.777. The average molecular weight is 298 g/mol. The largest absolute Gasteiger partial charge is 0.481 e. The van der Waals surface area contributed by atoms with Crippen molar-refractivity contribution in [1.82, 2.24) is 10.2 Å². The summed E-state index contributed by atoms with van der Waals surface area (Å²) >= 11 is 0. The second-order valence-electron chi connectivity index (χ2n) is 6.56. The lowest BCUT2D eigenvalue weighted by molar-refractivity contribution is -0.137. The first-order valence-electron chi connectivity index (χ1n) is 8.17. The third-order valence-electron chi connectivity index (χ3n) is 4.40. The van der Waals surface area contributed by atoms with Crippen molar-refractivity contribution in [2.45, 2.75) is 65.3 Å². The van der Waals surface area contributed by atoms with Crippen molar-refractivity contribution in [2.75, 3.05) is 13.1 Å². The van der Waals surface area contributed by atoms with Gasteiger partial charge in [0.25, 0.3) is 0 Å². The SMILES string of the molecule is CC(CCCC(=O)O)NC(=O)N1CCCC(C(C)C)CC1. The first kappa shape index (κ1) is 17.8. The molecule has 21 heavy (non-hydrogen) atoms. The standard InChI is InChI=1S/C16H30N2O3/c1-12(2)14-7-5-10-18(11-9-14)16(21)17-13(3)6-4-8-15(19)20/h12-14H,4-11H2,1-3H3,(H,17,21)(H,19,20). The molecule has 1 fully saturated rings. The molecule has 0 spiro atoms. The van der Waals surface area contributed by atoms with Crippen LogP contribution in [0.5, 0.6) is 0 Å². The summed E-state index contributed by atoms with van der Waals surface area (Å²) in [5.74, 6) is 0.625. The van der Waals surface area contributed by atoms with E-state index in [-0.39, 0.29) is 18.5 Å². The Morgan fingerprint density at radius 3 is 2.57 bits per heavy atom. The molecule has 0 aromatic rings.